The molecule has 3 nitrogen and oxygen atoms in total. The van der Waals surface area contributed by atoms with Gasteiger partial charge in [0.05, 0.1) is 14.2 Å². The first-order chi connectivity index (χ1) is 7.65. The molecule has 0 aliphatic heterocycles. The van der Waals surface area contributed by atoms with Gasteiger partial charge in [-0.25, -0.2) is 4.98 Å². The average molecular weight is 258 g/mol. The molecule has 2 aromatic rings. The van der Waals surface area contributed by atoms with Gasteiger partial charge in [-0.3, -0.25) is 0 Å². The summed E-state index contributed by atoms with van der Waals surface area (Å²) in [6.07, 6.45) is 0. The summed E-state index contributed by atoms with van der Waals surface area (Å²) in [7, 11) is 3.15. The second-order valence-electron chi connectivity index (χ2n) is 3.16. The first kappa shape index (κ1) is 11.3. The SMILES string of the molecule is COc1cc2cc(Cl)nc(Cl)c2cc1OC. The number of benzene rings is 1. The Morgan fingerprint density at radius 2 is 1.62 bits per heavy atom. The van der Waals surface area contributed by atoms with Crippen LogP contribution in [0.5, 0.6) is 11.5 Å². The first-order valence-corrected chi connectivity index (χ1v) is 5.29. The third kappa shape index (κ3) is 1.88. The van der Waals surface area contributed by atoms with E-state index in [1.165, 1.54) is 0 Å². The van der Waals surface area contributed by atoms with E-state index in [-0.39, 0.29) is 0 Å². The van der Waals surface area contributed by atoms with Gasteiger partial charge in [0.1, 0.15) is 10.3 Å². The van der Waals surface area contributed by atoms with E-state index >= 15 is 0 Å². The van der Waals surface area contributed by atoms with Crippen LogP contribution >= 0.6 is 23.2 Å². The van der Waals surface area contributed by atoms with E-state index < -0.39 is 0 Å². The maximum absolute atomic E-state index is 5.99. The first-order valence-electron chi connectivity index (χ1n) is 4.53. The van der Waals surface area contributed by atoms with Crippen LogP contribution in [0.1, 0.15) is 0 Å². The summed E-state index contributed by atoms with van der Waals surface area (Å²) < 4.78 is 10.4. The quantitative estimate of drug-likeness (QED) is 0.772. The largest absolute Gasteiger partial charge is 0.493 e. The molecular formula is C11H9Cl2NO2. The second-order valence-corrected chi connectivity index (χ2v) is 3.91. The molecule has 0 amide bonds. The molecule has 0 aliphatic carbocycles. The molecule has 1 heterocycles. The van der Waals surface area contributed by atoms with Crippen molar-refractivity contribution < 1.29 is 9.47 Å². The van der Waals surface area contributed by atoms with E-state index in [9.17, 15) is 0 Å². The molecule has 0 saturated heterocycles. The molecule has 0 bridgehead atoms. The van der Waals surface area contributed by atoms with E-state index in [0.29, 0.717) is 21.8 Å². The lowest BCUT2D eigenvalue weighted by molar-refractivity contribution is 0.356. The maximum Gasteiger partial charge on any atom is 0.161 e. The number of aromatic nitrogens is 1. The van der Waals surface area contributed by atoms with Crippen molar-refractivity contribution in [2.75, 3.05) is 14.2 Å². The minimum Gasteiger partial charge on any atom is -0.493 e. The highest BCUT2D eigenvalue weighted by Crippen LogP contribution is 2.35. The van der Waals surface area contributed by atoms with Crippen LogP contribution in [0.3, 0.4) is 0 Å². The maximum atomic E-state index is 5.99. The molecule has 0 fully saturated rings. The van der Waals surface area contributed by atoms with Crippen molar-refractivity contribution in [2.45, 2.75) is 0 Å². The third-order valence-electron chi connectivity index (χ3n) is 2.26. The minimum atomic E-state index is 0.350. The summed E-state index contributed by atoms with van der Waals surface area (Å²) in [5.41, 5.74) is 0. The topological polar surface area (TPSA) is 31.4 Å². The molecular weight excluding hydrogens is 249 g/mol. The van der Waals surface area contributed by atoms with Crippen LogP contribution in [-0.2, 0) is 0 Å². The van der Waals surface area contributed by atoms with Crippen molar-refractivity contribution in [2.24, 2.45) is 0 Å². The number of rotatable bonds is 2. The lowest BCUT2D eigenvalue weighted by atomic mass is 10.1. The van der Waals surface area contributed by atoms with Crippen LogP contribution in [-0.4, -0.2) is 19.2 Å². The van der Waals surface area contributed by atoms with Crippen LogP contribution < -0.4 is 9.47 Å². The van der Waals surface area contributed by atoms with E-state index in [4.69, 9.17) is 32.7 Å². The summed E-state index contributed by atoms with van der Waals surface area (Å²) in [6.45, 7) is 0. The molecule has 0 N–H and O–H groups in total. The molecule has 0 atom stereocenters. The van der Waals surface area contributed by atoms with Crippen LogP contribution in [0.15, 0.2) is 18.2 Å². The van der Waals surface area contributed by atoms with Gasteiger partial charge >= 0.3 is 0 Å². The summed E-state index contributed by atoms with van der Waals surface area (Å²) in [5, 5.41) is 2.35. The molecule has 84 valence electrons. The van der Waals surface area contributed by atoms with Crippen LogP contribution in [0.4, 0.5) is 0 Å². The number of nitrogens with zero attached hydrogens (tertiary/aromatic N) is 1. The molecule has 0 saturated carbocycles. The van der Waals surface area contributed by atoms with Gasteiger partial charge < -0.3 is 9.47 Å². The number of fused-ring (bicyclic) bond motifs is 1. The molecule has 1 aromatic carbocycles. The number of ether oxygens (including phenoxy) is 2. The van der Waals surface area contributed by atoms with Crippen LogP contribution in [0, 0.1) is 0 Å². The van der Waals surface area contributed by atoms with Gasteiger partial charge in [0.2, 0.25) is 0 Å². The summed E-state index contributed by atoms with van der Waals surface area (Å²) >= 11 is 11.8. The predicted octanol–water partition coefficient (Wildman–Crippen LogP) is 3.56. The molecule has 16 heavy (non-hydrogen) atoms. The van der Waals surface area contributed by atoms with E-state index in [2.05, 4.69) is 4.98 Å². The zero-order valence-corrected chi connectivity index (χ0v) is 10.3. The van der Waals surface area contributed by atoms with Gasteiger partial charge in [-0.2, -0.15) is 0 Å². The average Bonchev–Trinajstić information content (AvgIpc) is 2.27. The smallest absolute Gasteiger partial charge is 0.161 e. The number of halogens is 2. The van der Waals surface area contributed by atoms with Gasteiger partial charge in [-0.1, -0.05) is 23.2 Å². The zero-order chi connectivity index (χ0) is 11.7. The third-order valence-corrected chi connectivity index (χ3v) is 2.74. The fraction of sp³-hybridized carbons (Fsp3) is 0.182. The van der Waals surface area contributed by atoms with Crippen molar-refractivity contribution in [3.8, 4) is 11.5 Å². The van der Waals surface area contributed by atoms with Crippen LogP contribution in [0.25, 0.3) is 10.8 Å². The zero-order valence-electron chi connectivity index (χ0n) is 8.75. The van der Waals surface area contributed by atoms with Gasteiger partial charge in [-0.05, 0) is 23.6 Å². The van der Waals surface area contributed by atoms with Crippen molar-refractivity contribution in [3.63, 3.8) is 0 Å². The molecule has 2 rings (SSSR count). The normalized spacial score (nSPS) is 10.5. The fourth-order valence-corrected chi connectivity index (χ4v) is 2.01. The molecule has 0 spiro atoms. The molecule has 0 radical (unpaired) electrons. The Hall–Kier alpha value is -1.19. The van der Waals surface area contributed by atoms with Gasteiger partial charge in [0.15, 0.2) is 11.5 Å². The van der Waals surface area contributed by atoms with E-state index in [1.807, 2.05) is 6.07 Å². The Balaban J connectivity index is 2.78. The van der Waals surface area contributed by atoms with Crippen molar-refractivity contribution in [3.05, 3.63) is 28.5 Å². The van der Waals surface area contributed by atoms with E-state index in [1.54, 1.807) is 26.4 Å². The summed E-state index contributed by atoms with van der Waals surface area (Å²) in [6, 6.07) is 5.32. The standard InChI is InChI=1S/C11H9Cl2NO2/c1-15-8-3-6-4-10(12)14-11(13)7(6)5-9(8)16-2/h3-5H,1-2H3. The molecule has 5 heteroatoms. The number of hydrogen-bond acceptors (Lipinski definition) is 3. The number of hydrogen-bond donors (Lipinski definition) is 0. The number of pyridine rings is 1. The Kier molecular flexibility index (Phi) is 3.08. The van der Waals surface area contributed by atoms with Crippen LogP contribution in [0.2, 0.25) is 10.3 Å². The monoisotopic (exact) mass is 257 g/mol. The lowest BCUT2D eigenvalue weighted by Gasteiger charge is -2.09. The summed E-state index contributed by atoms with van der Waals surface area (Å²) in [5.74, 6) is 1.24. The van der Waals surface area contributed by atoms with Gasteiger partial charge in [0.25, 0.3) is 0 Å². The van der Waals surface area contributed by atoms with Crippen molar-refractivity contribution >= 4 is 34.0 Å². The summed E-state index contributed by atoms with van der Waals surface area (Å²) in [4.78, 5) is 3.97. The molecule has 0 aliphatic rings. The Morgan fingerprint density at radius 3 is 2.25 bits per heavy atom. The molecule has 1 aromatic heterocycles. The highest BCUT2D eigenvalue weighted by Gasteiger charge is 2.09. The number of methoxy groups -OCH3 is 2. The van der Waals surface area contributed by atoms with Gasteiger partial charge in [-0.15, -0.1) is 0 Å². The van der Waals surface area contributed by atoms with Crippen molar-refractivity contribution in [1.29, 1.82) is 0 Å². The van der Waals surface area contributed by atoms with Crippen molar-refractivity contribution in [1.82, 2.24) is 4.98 Å². The predicted molar refractivity (Wildman–Crippen MR) is 64.9 cm³/mol. The fourth-order valence-electron chi connectivity index (χ4n) is 1.51. The van der Waals surface area contributed by atoms with Gasteiger partial charge in [0, 0.05) is 5.39 Å². The lowest BCUT2D eigenvalue weighted by Crippen LogP contribution is -1.91. The minimum absolute atomic E-state index is 0.350. The highest BCUT2D eigenvalue weighted by molar-refractivity contribution is 6.36. The molecule has 0 unspecified atom stereocenters. The Bertz CT molecular complexity index is 543. The second kappa shape index (κ2) is 4.36. The highest BCUT2D eigenvalue weighted by atomic mass is 35.5. The Morgan fingerprint density at radius 1 is 1.00 bits per heavy atom. The Labute approximate surface area is 103 Å². The van der Waals surface area contributed by atoms with E-state index in [0.717, 1.165) is 10.8 Å².